The number of piperazine rings is 1. The molecule has 2 N–H and O–H groups in total. The number of carbonyl (C=O) groups is 4. The lowest BCUT2D eigenvalue weighted by Crippen LogP contribution is -2.58. The van der Waals surface area contributed by atoms with Gasteiger partial charge in [0.1, 0.15) is 17.9 Å². The van der Waals surface area contributed by atoms with Crippen molar-refractivity contribution in [3.05, 3.63) is 81.5 Å². The Kier molecular flexibility index (Phi) is 9.05. The summed E-state index contributed by atoms with van der Waals surface area (Å²) in [5.74, 6) is 0.120. The minimum atomic E-state index is -0.681. The molecule has 14 heteroatoms. The van der Waals surface area contributed by atoms with Gasteiger partial charge in [0.15, 0.2) is 11.5 Å². The van der Waals surface area contributed by atoms with Gasteiger partial charge in [0.25, 0.3) is 17.7 Å². The van der Waals surface area contributed by atoms with Gasteiger partial charge >= 0.3 is 0 Å². The molecular formula is C38H39ClN8O5. The maximum Gasteiger partial charge on any atom is 0.269 e. The number of aromatic nitrogens is 2. The van der Waals surface area contributed by atoms with Crippen LogP contribution in [0.4, 0.5) is 5.82 Å². The number of fused-ring (bicyclic) bond motifs is 3. The first-order valence-electron chi connectivity index (χ1n) is 18.0. The lowest BCUT2D eigenvalue weighted by Gasteiger charge is -2.41. The van der Waals surface area contributed by atoms with E-state index in [1.807, 2.05) is 24.3 Å². The number of nitriles is 1. The number of carbonyl (C=O) groups excluding carboxylic acids is 4. The van der Waals surface area contributed by atoms with E-state index in [0.29, 0.717) is 60.5 Å². The van der Waals surface area contributed by atoms with E-state index >= 15 is 0 Å². The highest BCUT2D eigenvalue weighted by atomic mass is 35.5. The van der Waals surface area contributed by atoms with E-state index in [-0.39, 0.29) is 54.1 Å². The minimum absolute atomic E-state index is 0.0924. The molecule has 1 aromatic heterocycles. The Bertz CT molecular complexity index is 1960. The summed E-state index contributed by atoms with van der Waals surface area (Å²) >= 11 is 6.17. The molecule has 4 aliphatic heterocycles. The van der Waals surface area contributed by atoms with Crippen LogP contribution in [-0.2, 0) is 22.7 Å². The van der Waals surface area contributed by atoms with Crippen molar-refractivity contribution < 1.29 is 23.9 Å². The number of hydrogen-bond acceptors (Lipinski definition) is 10. The zero-order valence-corrected chi connectivity index (χ0v) is 29.4. The van der Waals surface area contributed by atoms with E-state index in [9.17, 15) is 19.2 Å². The number of nitrogens with zero attached hydrogens (tertiary/aromatic N) is 7. The number of halogens is 1. The summed E-state index contributed by atoms with van der Waals surface area (Å²) in [6, 6.07) is 16.1. The van der Waals surface area contributed by atoms with Crippen LogP contribution < -0.4 is 15.4 Å². The van der Waals surface area contributed by atoms with Gasteiger partial charge in [-0.25, -0.2) is 0 Å². The lowest BCUT2D eigenvalue weighted by molar-refractivity contribution is -0.156. The van der Waals surface area contributed by atoms with Gasteiger partial charge in [0.2, 0.25) is 5.91 Å². The largest absolute Gasteiger partial charge is 0.490 e. The Morgan fingerprint density at radius 1 is 0.923 bits per heavy atom. The smallest absolute Gasteiger partial charge is 0.269 e. The SMILES string of the molecule is N#Cc1ccc(OC2CCC(N3C(=O)CC[C@@H](N4Cc5cc(CN6C[C@H]7CC[C@H](C6)N7c6ccc(C(N)=O)nn6)ccc5C4=O)C3=O)CC2)cc1Cl. The number of amides is 4. The van der Waals surface area contributed by atoms with Crippen LogP contribution in [0.15, 0.2) is 48.5 Å². The second kappa shape index (κ2) is 13.8. The standard InChI is InChI=1S/C38H39ClN8O5/c39-31-16-29(7-2-23(31)17-40)52-28-8-5-25(6-9-28)47-35(48)14-12-33(38(47)51)45-19-24-15-22(1-10-30(24)37(45)50)18-44-20-26-3-4-27(21-44)46(26)34-13-11-32(36(41)49)42-43-34/h1-2,7,10-11,13,15-16,25-28,33H,3-6,8-9,12,14,18-21H2,(H2,41,49)/t25?,26-,27-,28?,33-/m1/s1. The molecule has 0 spiro atoms. The molecule has 5 aliphatic rings. The number of imide groups is 1. The molecule has 4 amide bonds. The van der Waals surface area contributed by atoms with Gasteiger partial charge in [-0.05, 0) is 86.4 Å². The Morgan fingerprint density at radius 2 is 1.67 bits per heavy atom. The fourth-order valence-corrected chi connectivity index (χ4v) is 9.04. The minimum Gasteiger partial charge on any atom is -0.490 e. The Balaban J connectivity index is 0.882. The molecule has 268 valence electrons. The van der Waals surface area contributed by atoms with Crippen LogP contribution in [0.2, 0.25) is 5.02 Å². The van der Waals surface area contributed by atoms with Gasteiger partial charge in [0.05, 0.1) is 16.7 Å². The number of ether oxygens (including phenoxy) is 1. The van der Waals surface area contributed by atoms with Crippen LogP contribution in [0.25, 0.3) is 0 Å². The number of anilines is 1. The Labute approximate surface area is 306 Å². The van der Waals surface area contributed by atoms with Crippen molar-refractivity contribution in [3.8, 4) is 11.8 Å². The number of benzene rings is 2. The summed E-state index contributed by atoms with van der Waals surface area (Å²) in [4.78, 5) is 60.1. The molecular weight excluding hydrogens is 684 g/mol. The average molecular weight is 723 g/mol. The van der Waals surface area contributed by atoms with Crippen LogP contribution >= 0.6 is 11.6 Å². The number of rotatable bonds is 8. The second-order valence-corrected chi connectivity index (χ2v) is 14.9. The van der Waals surface area contributed by atoms with E-state index in [1.54, 1.807) is 29.2 Å². The van der Waals surface area contributed by atoms with Crippen molar-refractivity contribution in [1.29, 1.82) is 5.26 Å². The molecule has 0 unspecified atom stereocenters. The second-order valence-electron chi connectivity index (χ2n) is 14.5. The van der Waals surface area contributed by atoms with Crippen LogP contribution in [-0.4, -0.2) is 91.9 Å². The number of nitrogens with two attached hydrogens (primary N) is 1. The Hall–Kier alpha value is -5.06. The zero-order chi connectivity index (χ0) is 36.1. The van der Waals surface area contributed by atoms with Crippen molar-refractivity contribution in [2.45, 2.75) is 94.7 Å². The first kappa shape index (κ1) is 34.0. The van der Waals surface area contributed by atoms with Gasteiger partial charge < -0.3 is 20.3 Å². The molecule has 3 atom stereocenters. The molecule has 4 fully saturated rings. The van der Waals surface area contributed by atoms with Gasteiger partial charge in [-0.3, -0.25) is 29.0 Å². The molecule has 13 nitrogen and oxygen atoms in total. The summed E-state index contributed by atoms with van der Waals surface area (Å²) < 4.78 is 6.12. The number of hydrogen-bond donors (Lipinski definition) is 1. The van der Waals surface area contributed by atoms with Crippen LogP contribution in [0.3, 0.4) is 0 Å². The molecule has 0 radical (unpaired) electrons. The number of piperidine rings is 1. The monoisotopic (exact) mass is 722 g/mol. The van der Waals surface area contributed by atoms with E-state index in [0.717, 1.165) is 49.4 Å². The summed E-state index contributed by atoms with van der Waals surface area (Å²) in [7, 11) is 0. The normalized spacial score (nSPS) is 26.0. The summed E-state index contributed by atoms with van der Waals surface area (Å²) in [6.45, 7) is 2.79. The summed E-state index contributed by atoms with van der Waals surface area (Å²) in [5.41, 5.74) is 8.51. The van der Waals surface area contributed by atoms with Crippen molar-refractivity contribution >= 4 is 41.0 Å². The fraction of sp³-hybridized carbons (Fsp3) is 0.447. The highest BCUT2D eigenvalue weighted by molar-refractivity contribution is 6.31. The molecule has 3 aromatic rings. The summed E-state index contributed by atoms with van der Waals surface area (Å²) in [5, 5.41) is 17.8. The zero-order valence-electron chi connectivity index (χ0n) is 28.6. The third-order valence-electron chi connectivity index (χ3n) is 11.3. The van der Waals surface area contributed by atoms with Crippen molar-refractivity contribution in [2.75, 3.05) is 18.0 Å². The van der Waals surface area contributed by atoms with Crippen LogP contribution in [0.1, 0.15) is 88.9 Å². The number of primary amides is 1. The van der Waals surface area contributed by atoms with Crippen molar-refractivity contribution in [1.82, 2.24) is 24.9 Å². The van der Waals surface area contributed by atoms with Crippen molar-refractivity contribution in [2.24, 2.45) is 5.73 Å². The third kappa shape index (κ3) is 6.34. The molecule has 2 bridgehead atoms. The van der Waals surface area contributed by atoms with E-state index < -0.39 is 11.9 Å². The maximum absolute atomic E-state index is 14.0. The average Bonchev–Trinajstić information content (AvgIpc) is 3.60. The van der Waals surface area contributed by atoms with Gasteiger partial charge in [0, 0.05) is 62.4 Å². The van der Waals surface area contributed by atoms with E-state index in [2.05, 4.69) is 26.1 Å². The van der Waals surface area contributed by atoms with Crippen LogP contribution in [0.5, 0.6) is 5.75 Å². The summed E-state index contributed by atoms with van der Waals surface area (Å²) in [6.07, 6.45) is 5.09. The highest BCUT2D eigenvalue weighted by Crippen LogP contribution is 2.36. The predicted octanol–water partition coefficient (Wildman–Crippen LogP) is 3.82. The molecule has 1 saturated carbocycles. The quantitative estimate of drug-likeness (QED) is 0.338. The van der Waals surface area contributed by atoms with Crippen LogP contribution in [0, 0.1) is 11.3 Å². The van der Waals surface area contributed by atoms with Crippen molar-refractivity contribution in [3.63, 3.8) is 0 Å². The van der Waals surface area contributed by atoms with Gasteiger partial charge in [-0.1, -0.05) is 23.7 Å². The molecule has 1 aliphatic carbocycles. The van der Waals surface area contributed by atoms with Gasteiger partial charge in [-0.2, -0.15) is 5.26 Å². The predicted molar refractivity (Wildman–Crippen MR) is 189 cm³/mol. The lowest BCUT2D eigenvalue weighted by atomic mass is 9.89. The molecule has 8 rings (SSSR count). The highest BCUT2D eigenvalue weighted by Gasteiger charge is 2.46. The topological polar surface area (TPSA) is 166 Å². The third-order valence-corrected chi connectivity index (χ3v) is 11.6. The fourth-order valence-electron chi connectivity index (χ4n) is 8.83. The first-order chi connectivity index (χ1) is 25.2. The van der Waals surface area contributed by atoms with E-state index in [4.69, 9.17) is 27.3 Å². The van der Waals surface area contributed by atoms with Gasteiger partial charge in [-0.15, -0.1) is 10.2 Å². The van der Waals surface area contributed by atoms with E-state index in [1.165, 1.54) is 4.90 Å². The number of likely N-dealkylation sites (tertiary alicyclic amines) is 2. The maximum atomic E-state index is 14.0. The first-order valence-corrected chi connectivity index (χ1v) is 18.3. The molecule has 5 heterocycles. The molecule has 52 heavy (non-hydrogen) atoms. The Morgan fingerprint density at radius 3 is 2.35 bits per heavy atom. The molecule has 2 aromatic carbocycles. The molecule has 3 saturated heterocycles.